The van der Waals surface area contributed by atoms with Crippen LogP contribution in [0.4, 0.5) is 5.69 Å². The smallest absolute Gasteiger partial charge is 0.0714 e. The van der Waals surface area contributed by atoms with Crippen molar-refractivity contribution in [1.29, 1.82) is 0 Å². The van der Waals surface area contributed by atoms with Crippen molar-refractivity contribution in [3.63, 3.8) is 0 Å². The Morgan fingerprint density at radius 2 is 2.08 bits per heavy atom. The van der Waals surface area contributed by atoms with Gasteiger partial charge in [-0.05, 0) is 29.0 Å². The van der Waals surface area contributed by atoms with Crippen LogP contribution in [0.5, 0.6) is 0 Å². The molecule has 0 fully saturated rings. The molecule has 0 unspecified atom stereocenters. The van der Waals surface area contributed by atoms with Gasteiger partial charge in [-0.25, -0.2) is 0 Å². The molecule has 1 heterocycles. The van der Waals surface area contributed by atoms with Gasteiger partial charge in [0.25, 0.3) is 0 Å². The number of aliphatic imine (C=N–C) groups is 1. The number of hydrogen-bond donors (Lipinski definition) is 0. The van der Waals surface area contributed by atoms with Crippen molar-refractivity contribution in [1.82, 2.24) is 0 Å². The fourth-order valence-corrected chi connectivity index (χ4v) is 1.66. The largest absolute Gasteiger partial charge is 0.256 e. The fraction of sp³-hybridized carbons (Fsp3) is 0. The molecule has 1 aliphatic rings. The van der Waals surface area contributed by atoms with Crippen LogP contribution in [0.25, 0.3) is 16.8 Å². The molecule has 12 heavy (non-hydrogen) atoms. The van der Waals surface area contributed by atoms with Crippen LogP contribution in [0.2, 0.25) is 0 Å². The molecule has 2 aromatic carbocycles. The maximum Gasteiger partial charge on any atom is 0.0714 e. The molecule has 0 amide bonds. The monoisotopic (exact) mass is 153 g/mol. The van der Waals surface area contributed by atoms with Crippen LogP contribution in [0.15, 0.2) is 35.3 Å². The van der Waals surface area contributed by atoms with E-state index in [1.807, 2.05) is 6.21 Å². The van der Waals surface area contributed by atoms with Gasteiger partial charge in [0.05, 0.1) is 5.69 Å². The Morgan fingerprint density at radius 1 is 1.08 bits per heavy atom. The summed E-state index contributed by atoms with van der Waals surface area (Å²) in [6.45, 7) is 0. The third-order valence-electron chi connectivity index (χ3n) is 2.23. The summed E-state index contributed by atoms with van der Waals surface area (Å²) < 4.78 is 0. The van der Waals surface area contributed by atoms with Crippen molar-refractivity contribution in [2.24, 2.45) is 4.99 Å². The standard InChI is InChI=1S/C11H7N/c1-2-8-6-9(3-1)10-4-5-12-11(10)7-8/h1-7H. The molecule has 0 aromatic heterocycles. The molecular weight excluding hydrogens is 146 g/mol. The second-order valence-corrected chi connectivity index (χ2v) is 3.01. The maximum absolute atomic E-state index is 4.27. The molecule has 0 saturated carbocycles. The quantitative estimate of drug-likeness (QED) is 0.549. The summed E-state index contributed by atoms with van der Waals surface area (Å²) in [6, 6.07) is 10.6. The minimum atomic E-state index is 1.10. The summed E-state index contributed by atoms with van der Waals surface area (Å²) in [7, 11) is 0. The second-order valence-electron chi connectivity index (χ2n) is 3.01. The van der Waals surface area contributed by atoms with Gasteiger partial charge < -0.3 is 0 Å². The lowest BCUT2D eigenvalue weighted by Gasteiger charge is -1.98. The molecule has 0 N–H and O–H groups in total. The van der Waals surface area contributed by atoms with E-state index < -0.39 is 0 Å². The van der Waals surface area contributed by atoms with Crippen molar-refractivity contribution in [3.05, 3.63) is 35.6 Å². The molecular formula is C11H7N. The van der Waals surface area contributed by atoms with Gasteiger partial charge in [0.1, 0.15) is 0 Å². The Bertz CT molecular complexity index is 523. The minimum absolute atomic E-state index is 1.10. The molecule has 2 bridgehead atoms. The molecule has 0 atom stereocenters. The highest BCUT2D eigenvalue weighted by Gasteiger charge is 2.01. The molecule has 0 spiro atoms. The molecule has 0 aliphatic carbocycles. The number of nitrogens with zero attached hydrogens (tertiary/aromatic N) is 1. The summed E-state index contributed by atoms with van der Waals surface area (Å²) in [5.74, 6) is 0. The molecule has 1 heteroatoms. The first kappa shape index (κ1) is 5.95. The Balaban J connectivity index is 2.64. The molecule has 2 aromatic rings. The Hall–Kier alpha value is -1.63. The Morgan fingerprint density at radius 3 is 3.08 bits per heavy atom. The number of rotatable bonds is 0. The normalized spacial score (nSPS) is 13.3. The highest BCUT2D eigenvalue weighted by Crippen LogP contribution is 2.17. The number of benzene rings is 2. The fourth-order valence-electron chi connectivity index (χ4n) is 1.66. The van der Waals surface area contributed by atoms with Gasteiger partial charge in [-0.3, -0.25) is 4.99 Å². The third kappa shape index (κ3) is 0.654. The summed E-state index contributed by atoms with van der Waals surface area (Å²) in [5, 5.41) is 3.78. The topological polar surface area (TPSA) is 12.4 Å². The molecule has 56 valence electrons. The van der Waals surface area contributed by atoms with E-state index in [-0.39, 0.29) is 0 Å². The van der Waals surface area contributed by atoms with E-state index in [2.05, 4.69) is 41.4 Å². The molecule has 3 rings (SSSR count). The SMILES string of the molecule is C1=Nc2cc3cccc(c3)c2=C1. The van der Waals surface area contributed by atoms with Gasteiger partial charge in [0.2, 0.25) is 0 Å². The first-order chi connectivity index (χ1) is 5.93. The van der Waals surface area contributed by atoms with E-state index in [4.69, 9.17) is 0 Å². The lowest BCUT2D eigenvalue weighted by atomic mass is 10.1. The van der Waals surface area contributed by atoms with Crippen LogP contribution < -0.4 is 5.22 Å². The molecule has 1 nitrogen and oxygen atoms in total. The van der Waals surface area contributed by atoms with E-state index in [9.17, 15) is 0 Å². The van der Waals surface area contributed by atoms with Crippen molar-refractivity contribution in [3.8, 4) is 0 Å². The highest BCUT2D eigenvalue weighted by molar-refractivity contribution is 6.00. The zero-order chi connectivity index (χ0) is 7.97. The Labute approximate surface area is 70.0 Å². The number of hydrogen-bond acceptors (Lipinski definition) is 1. The van der Waals surface area contributed by atoms with Gasteiger partial charge in [0, 0.05) is 11.4 Å². The summed E-state index contributed by atoms with van der Waals surface area (Å²) in [4.78, 5) is 4.27. The van der Waals surface area contributed by atoms with Crippen molar-refractivity contribution >= 4 is 28.8 Å². The van der Waals surface area contributed by atoms with Crippen LogP contribution in [-0.4, -0.2) is 6.21 Å². The maximum atomic E-state index is 4.27. The van der Waals surface area contributed by atoms with Crippen molar-refractivity contribution in [2.45, 2.75) is 0 Å². The van der Waals surface area contributed by atoms with Crippen LogP contribution in [0, 0.1) is 0 Å². The van der Waals surface area contributed by atoms with Crippen molar-refractivity contribution in [2.75, 3.05) is 0 Å². The zero-order valence-corrected chi connectivity index (χ0v) is 6.49. The predicted octanol–water partition coefficient (Wildman–Crippen LogP) is 2.06. The summed E-state index contributed by atoms with van der Waals surface area (Å²) in [6.07, 6.45) is 3.92. The number of fused-ring (bicyclic) bond motifs is 4. The first-order valence-corrected chi connectivity index (χ1v) is 4.00. The average Bonchev–Trinajstić information content (AvgIpc) is 2.53. The average molecular weight is 153 g/mol. The third-order valence-corrected chi connectivity index (χ3v) is 2.23. The highest BCUT2D eigenvalue weighted by atomic mass is 14.7. The lowest BCUT2D eigenvalue weighted by Crippen LogP contribution is -1.98. The van der Waals surface area contributed by atoms with E-state index in [1.165, 1.54) is 16.0 Å². The molecule has 0 saturated heterocycles. The molecule has 1 aliphatic heterocycles. The van der Waals surface area contributed by atoms with Crippen molar-refractivity contribution < 1.29 is 0 Å². The molecule has 0 radical (unpaired) electrons. The van der Waals surface area contributed by atoms with Crippen LogP contribution in [-0.2, 0) is 0 Å². The van der Waals surface area contributed by atoms with Gasteiger partial charge in [-0.1, -0.05) is 18.2 Å². The minimum Gasteiger partial charge on any atom is -0.256 e. The lowest BCUT2D eigenvalue weighted by molar-refractivity contribution is 1.56. The van der Waals surface area contributed by atoms with E-state index in [0.717, 1.165) is 5.69 Å². The van der Waals surface area contributed by atoms with Gasteiger partial charge in [-0.2, -0.15) is 0 Å². The first-order valence-electron chi connectivity index (χ1n) is 4.00. The van der Waals surface area contributed by atoms with Gasteiger partial charge >= 0.3 is 0 Å². The van der Waals surface area contributed by atoms with Gasteiger partial charge in [0.15, 0.2) is 0 Å². The summed E-state index contributed by atoms with van der Waals surface area (Å²) >= 11 is 0. The van der Waals surface area contributed by atoms with Crippen LogP contribution >= 0.6 is 0 Å². The van der Waals surface area contributed by atoms with E-state index in [1.54, 1.807) is 0 Å². The van der Waals surface area contributed by atoms with E-state index in [0.29, 0.717) is 0 Å². The Kier molecular flexibility index (Phi) is 0.965. The predicted molar refractivity (Wildman–Crippen MR) is 51.8 cm³/mol. The summed E-state index contributed by atoms with van der Waals surface area (Å²) in [5.41, 5.74) is 1.10. The second kappa shape index (κ2) is 1.95. The van der Waals surface area contributed by atoms with Gasteiger partial charge in [-0.15, -0.1) is 0 Å². The zero-order valence-electron chi connectivity index (χ0n) is 6.49. The van der Waals surface area contributed by atoms with Crippen LogP contribution in [0.3, 0.4) is 0 Å². The van der Waals surface area contributed by atoms with E-state index >= 15 is 0 Å². The van der Waals surface area contributed by atoms with Crippen LogP contribution in [0.1, 0.15) is 0 Å².